The van der Waals surface area contributed by atoms with E-state index < -0.39 is 0 Å². The smallest absolute Gasteiger partial charge is 0.167 e. The molecule has 0 atom stereocenters. The van der Waals surface area contributed by atoms with Crippen molar-refractivity contribution in [3.05, 3.63) is 17.8 Å². The van der Waals surface area contributed by atoms with Gasteiger partial charge in [-0.2, -0.15) is 10.4 Å². The van der Waals surface area contributed by atoms with Gasteiger partial charge < -0.3 is 5.32 Å². The number of aromatic nitrogens is 2. The van der Waals surface area contributed by atoms with Crippen molar-refractivity contribution in [2.45, 2.75) is 46.6 Å². The first kappa shape index (κ1) is 13.4. The van der Waals surface area contributed by atoms with Gasteiger partial charge in [-0.05, 0) is 31.7 Å². The van der Waals surface area contributed by atoms with E-state index in [2.05, 4.69) is 56.2 Å². The molecule has 17 heavy (non-hydrogen) atoms. The van der Waals surface area contributed by atoms with E-state index in [0.717, 1.165) is 6.42 Å². The van der Waals surface area contributed by atoms with Crippen LogP contribution in [0.2, 0.25) is 0 Å². The maximum atomic E-state index is 8.99. The number of nitriles is 1. The van der Waals surface area contributed by atoms with Crippen molar-refractivity contribution in [2.24, 2.45) is 5.41 Å². The third-order valence-electron chi connectivity index (χ3n) is 2.27. The van der Waals surface area contributed by atoms with Gasteiger partial charge >= 0.3 is 0 Å². The molecule has 1 heterocycles. The summed E-state index contributed by atoms with van der Waals surface area (Å²) in [7, 11) is 0. The molecule has 1 rings (SSSR count). The van der Waals surface area contributed by atoms with Gasteiger partial charge in [0.05, 0.1) is 11.8 Å². The minimum Gasteiger partial charge on any atom is -0.363 e. The van der Waals surface area contributed by atoms with Crippen LogP contribution in [0.25, 0.3) is 0 Å². The third kappa shape index (κ3) is 4.39. The Labute approximate surface area is 103 Å². The van der Waals surface area contributed by atoms with E-state index in [4.69, 9.17) is 5.26 Å². The molecule has 0 saturated heterocycles. The van der Waals surface area contributed by atoms with E-state index in [-0.39, 0.29) is 11.0 Å². The lowest BCUT2D eigenvalue weighted by molar-refractivity contribution is 0.302. The van der Waals surface area contributed by atoms with Gasteiger partial charge in [0, 0.05) is 5.54 Å². The highest BCUT2D eigenvalue weighted by molar-refractivity contribution is 5.51. The molecule has 0 spiro atoms. The van der Waals surface area contributed by atoms with Gasteiger partial charge in [0.1, 0.15) is 6.07 Å². The first-order valence-electron chi connectivity index (χ1n) is 5.73. The van der Waals surface area contributed by atoms with Crippen molar-refractivity contribution >= 4 is 5.82 Å². The molecule has 0 aliphatic heterocycles. The van der Waals surface area contributed by atoms with Crippen LogP contribution in [-0.2, 0) is 0 Å². The second-order valence-electron chi connectivity index (χ2n) is 6.15. The summed E-state index contributed by atoms with van der Waals surface area (Å²) in [5, 5.41) is 20.1. The Morgan fingerprint density at radius 2 is 1.94 bits per heavy atom. The molecule has 0 aliphatic rings. The van der Waals surface area contributed by atoms with Crippen molar-refractivity contribution in [3.8, 4) is 6.07 Å². The van der Waals surface area contributed by atoms with E-state index in [9.17, 15) is 0 Å². The summed E-state index contributed by atoms with van der Waals surface area (Å²) in [5.41, 5.74) is 0.618. The quantitative estimate of drug-likeness (QED) is 0.870. The highest BCUT2D eigenvalue weighted by Gasteiger charge is 2.26. The highest BCUT2D eigenvalue weighted by Crippen LogP contribution is 2.29. The number of hydrogen-bond donors (Lipinski definition) is 1. The summed E-state index contributed by atoms with van der Waals surface area (Å²) in [5.74, 6) is 0.559. The molecule has 0 amide bonds. The van der Waals surface area contributed by atoms with E-state index in [1.807, 2.05) is 0 Å². The van der Waals surface area contributed by atoms with Crippen LogP contribution in [-0.4, -0.2) is 15.7 Å². The van der Waals surface area contributed by atoms with Gasteiger partial charge in [-0.3, -0.25) is 0 Å². The zero-order chi connectivity index (χ0) is 13.1. The molecule has 0 fully saturated rings. The van der Waals surface area contributed by atoms with Crippen molar-refractivity contribution < 1.29 is 0 Å². The average molecular weight is 232 g/mol. The maximum Gasteiger partial charge on any atom is 0.167 e. The number of anilines is 1. The van der Waals surface area contributed by atoms with Gasteiger partial charge in [-0.15, -0.1) is 5.10 Å². The second kappa shape index (κ2) is 4.70. The Morgan fingerprint density at radius 1 is 1.29 bits per heavy atom. The van der Waals surface area contributed by atoms with Crippen molar-refractivity contribution in [2.75, 3.05) is 5.32 Å². The molecule has 0 unspecified atom stereocenters. The van der Waals surface area contributed by atoms with Gasteiger partial charge in [0.2, 0.25) is 0 Å². The van der Waals surface area contributed by atoms with Crippen molar-refractivity contribution in [1.82, 2.24) is 10.2 Å². The van der Waals surface area contributed by atoms with Crippen LogP contribution in [0.4, 0.5) is 5.82 Å². The lowest BCUT2D eigenvalue weighted by Gasteiger charge is -2.33. The molecular weight excluding hydrogens is 212 g/mol. The van der Waals surface area contributed by atoms with Gasteiger partial charge in [-0.1, -0.05) is 20.8 Å². The Hall–Kier alpha value is -1.63. The van der Waals surface area contributed by atoms with E-state index in [1.165, 1.54) is 6.20 Å². The van der Waals surface area contributed by atoms with E-state index >= 15 is 0 Å². The fourth-order valence-electron chi connectivity index (χ4n) is 2.20. The molecule has 0 aromatic carbocycles. The standard InChI is InChI=1S/C13H20N4/c1-12(2,3)9-13(4,5)16-11-10(8-14)6-7-15-17-11/h6-7H,9H2,1-5H3,(H,16,17). The highest BCUT2D eigenvalue weighted by atomic mass is 15.2. The summed E-state index contributed by atoms with van der Waals surface area (Å²) in [6.45, 7) is 10.8. The van der Waals surface area contributed by atoms with Crippen molar-refractivity contribution in [3.63, 3.8) is 0 Å². The Kier molecular flexibility index (Phi) is 3.72. The van der Waals surface area contributed by atoms with E-state index in [0.29, 0.717) is 11.4 Å². The maximum absolute atomic E-state index is 8.99. The van der Waals surface area contributed by atoms with Crippen LogP contribution in [0.3, 0.4) is 0 Å². The first-order chi connectivity index (χ1) is 7.73. The monoisotopic (exact) mass is 232 g/mol. The fourth-order valence-corrected chi connectivity index (χ4v) is 2.20. The minimum absolute atomic E-state index is 0.125. The molecule has 92 valence electrons. The minimum atomic E-state index is -0.125. The summed E-state index contributed by atoms with van der Waals surface area (Å²) >= 11 is 0. The topological polar surface area (TPSA) is 61.6 Å². The fraction of sp³-hybridized carbons (Fsp3) is 0.615. The van der Waals surface area contributed by atoms with Gasteiger partial charge in [0.25, 0.3) is 0 Å². The third-order valence-corrected chi connectivity index (χ3v) is 2.27. The molecule has 1 N–H and O–H groups in total. The largest absolute Gasteiger partial charge is 0.363 e. The zero-order valence-corrected chi connectivity index (χ0v) is 11.2. The molecule has 1 aromatic heterocycles. The SMILES string of the molecule is CC(C)(C)CC(C)(C)Nc1nnccc1C#N. The summed E-state index contributed by atoms with van der Waals surface area (Å²) in [4.78, 5) is 0. The normalized spacial score (nSPS) is 12.0. The van der Waals surface area contributed by atoms with Crippen LogP contribution in [0.1, 0.15) is 46.6 Å². The molecule has 4 nitrogen and oxygen atoms in total. The molecule has 0 saturated carbocycles. The lowest BCUT2D eigenvalue weighted by Crippen LogP contribution is -2.36. The number of nitrogens with zero attached hydrogens (tertiary/aromatic N) is 3. The Balaban J connectivity index is 2.87. The van der Waals surface area contributed by atoms with Crippen LogP contribution in [0.5, 0.6) is 0 Å². The summed E-state index contributed by atoms with van der Waals surface area (Å²) in [6.07, 6.45) is 2.50. The molecule has 4 heteroatoms. The number of rotatable bonds is 3. The number of nitrogens with one attached hydrogen (secondary N) is 1. The number of hydrogen-bond acceptors (Lipinski definition) is 4. The molecule has 1 aromatic rings. The van der Waals surface area contributed by atoms with Crippen LogP contribution in [0.15, 0.2) is 12.3 Å². The average Bonchev–Trinajstić information content (AvgIpc) is 2.14. The Morgan fingerprint density at radius 3 is 2.47 bits per heavy atom. The first-order valence-corrected chi connectivity index (χ1v) is 5.73. The van der Waals surface area contributed by atoms with Crippen LogP contribution in [0, 0.1) is 16.7 Å². The second-order valence-corrected chi connectivity index (χ2v) is 6.15. The zero-order valence-electron chi connectivity index (χ0n) is 11.2. The van der Waals surface area contributed by atoms with E-state index in [1.54, 1.807) is 6.07 Å². The molecular formula is C13H20N4. The molecule has 0 radical (unpaired) electrons. The predicted molar refractivity (Wildman–Crippen MR) is 68.5 cm³/mol. The van der Waals surface area contributed by atoms with Crippen LogP contribution < -0.4 is 5.32 Å². The lowest BCUT2D eigenvalue weighted by atomic mass is 9.82. The van der Waals surface area contributed by atoms with Gasteiger partial charge in [-0.25, -0.2) is 0 Å². The molecule has 0 aliphatic carbocycles. The van der Waals surface area contributed by atoms with Gasteiger partial charge in [0.15, 0.2) is 5.82 Å². The molecule has 0 bridgehead atoms. The predicted octanol–water partition coefficient (Wildman–Crippen LogP) is 2.97. The summed E-state index contributed by atoms with van der Waals surface area (Å²) < 4.78 is 0. The van der Waals surface area contributed by atoms with Crippen LogP contribution >= 0.6 is 0 Å². The van der Waals surface area contributed by atoms with Crippen molar-refractivity contribution in [1.29, 1.82) is 5.26 Å². The summed E-state index contributed by atoms with van der Waals surface area (Å²) in [6, 6.07) is 3.79. The Bertz CT molecular complexity index is 424.